The topological polar surface area (TPSA) is 67.9 Å². The molecule has 0 saturated carbocycles. The van der Waals surface area contributed by atoms with Crippen molar-refractivity contribution in [1.82, 2.24) is 10.2 Å². The number of nitrogens with one attached hydrogen (secondary N) is 1. The fourth-order valence-electron chi connectivity index (χ4n) is 1.90. The Hall–Kier alpha value is -1.14. The van der Waals surface area contributed by atoms with Crippen LogP contribution in [0.3, 0.4) is 0 Å². The summed E-state index contributed by atoms with van der Waals surface area (Å²) in [6.07, 6.45) is 0. The minimum Gasteiger partial charge on any atom is -0.469 e. The van der Waals surface area contributed by atoms with Gasteiger partial charge in [-0.25, -0.2) is 0 Å². The maximum atomic E-state index is 12.1. The van der Waals surface area contributed by atoms with E-state index in [2.05, 4.69) is 5.32 Å². The number of nitrogens with zero attached hydrogens (tertiary/aromatic N) is 1. The molecule has 0 radical (unpaired) electrons. The number of rotatable bonds is 5. The first-order valence-electron chi connectivity index (χ1n) is 6.57. The number of carbonyl (C=O) groups is 2. The number of ether oxygens (including phenoxy) is 2. The molecule has 6 nitrogen and oxygen atoms in total. The summed E-state index contributed by atoms with van der Waals surface area (Å²) >= 11 is 0. The molecule has 6 heteroatoms. The molecule has 1 saturated heterocycles. The molecule has 1 amide bonds. The van der Waals surface area contributed by atoms with Gasteiger partial charge < -0.3 is 19.7 Å². The average Bonchev–Trinajstić information content (AvgIpc) is 2.43. The third kappa shape index (κ3) is 4.47. The SMILES string of the molecule is COC(=O)C(C)(C)CNC(C)C(=O)N1CCOCC1. The summed E-state index contributed by atoms with van der Waals surface area (Å²) in [6.45, 7) is 8.23. The normalized spacial score (nSPS) is 18.0. The van der Waals surface area contributed by atoms with E-state index in [0.29, 0.717) is 32.8 Å². The first-order valence-corrected chi connectivity index (χ1v) is 6.57. The summed E-state index contributed by atoms with van der Waals surface area (Å²) in [7, 11) is 1.37. The minimum atomic E-state index is -0.645. The lowest BCUT2D eigenvalue weighted by atomic mass is 9.93. The first kappa shape index (κ1) is 15.9. The Balaban J connectivity index is 2.43. The molecule has 1 aliphatic heterocycles. The van der Waals surface area contributed by atoms with Gasteiger partial charge in [-0.05, 0) is 20.8 Å². The molecular formula is C13H24N2O4. The van der Waals surface area contributed by atoms with Gasteiger partial charge in [-0.3, -0.25) is 9.59 Å². The number of hydrogen-bond acceptors (Lipinski definition) is 5. The molecule has 19 heavy (non-hydrogen) atoms. The summed E-state index contributed by atoms with van der Waals surface area (Å²) in [5.41, 5.74) is -0.645. The fourth-order valence-corrected chi connectivity index (χ4v) is 1.90. The molecule has 1 fully saturated rings. The van der Waals surface area contributed by atoms with Gasteiger partial charge in [0.05, 0.1) is 31.8 Å². The summed E-state index contributed by atoms with van der Waals surface area (Å²) < 4.78 is 9.95. The Kier molecular flexibility index (Phi) is 5.75. The molecule has 0 bridgehead atoms. The first-order chi connectivity index (χ1) is 8.88. The third-order valence-corrected chi connectivity index (χ3v) is 3.28. The zero-order valence-corrected chi connectivity index (χ0v) is 12.2. The maximum Gasteiger partial charge on any atom is 0.312 e. The number of hydrogen-bond donors (Lipinski definition) is 1. The molecule has 0 aromatic carbocycles. The molecule has 0 aromatic heterocycles. The Morgan fingerprint density at radius 1 is 1.37 bits per heavy atom. The molecule has 1 N–H and O–H groups in total. The molecule has 0 aliphatic carbocycles. The van der Waals surface area contributed by atoms with E-state index in [1.807, 2.05) is 6.92 Å². The van der Waals surface area contributed by atoms with Crippen molar-refractivity contribution >= 4 is 11.9 Å². The third-order valence-electron chi connectivity index (χ3n) is 3.28. The molecule has 1 rings (SSSR count). The predicted molar refractivity (Wildman–Crippen MR) is 70.7 cm³/mol. The highest BCUT2D eigenvalue weighted by Gasteiger charge is 2.30. The average molecular weight is 272 g/mol. The van der Waals surface area contributed by atoms with Gasteiger partial charge in [0.25, 0.3) is 0 Å². The van der Waals surface area contributed by atoms with Crippen molar-refractivity contribution in [3.8, 4) is 0 Å². The molecule has 110 valence electrons. The van der Waals surface area contributed by atoms with Crippen LogP contribution in [0.15, 0.2) is 0 Å². The van der Waals surface area contributed by atoms with Crippen molar-refractivity contribution in [2.45, 2.75) is 26.8 Å². The van der Waals surface area contributed by atoms with E-state index in [-0.39, 0.29) is 17.9 Å². The monoisotopic (exact) mass is 272 g/mol. The zero-order valence-electron chi connectivity index (χ0n) is 12.2. The predicted octanol–water partition coefficient (Wildman–Crippen LogP) is 0.0225. The van der Waals surface area contributed by atoms with Crippen LogP contribution in [0.25, 0.3) is 0 Å². The van der Waals surface area contributed by atoms with Crippen LogP contribution in [0.5, 0.6) is 0 Å². The van der Waals surface area contributed by atoms with Gasteiger partial charge in [0.15, 0.2) is 0 Å². The largest absolute Gasteiger partial charge is 0.469 e. The zero-order chi connectivity index (χ0) is 14.5. The van der Waals surface area contributed by atoms with Gasteiger partial charge in [0, 0.05) is 19.6 Å². The van der Waals surface area contributed by atoms with Crippen molar-refractivity contribution < 1.29 is 19.1 Å². The fraction of sp³-hybridized carbons (Fsp3) is 0.846. The van der Waals surface area contributed by atoms with Gasteiger partial charge in [0.1, 0.15) is 0 Å². The summed E-state index contributed by atoms with van der Waals surface area (Å²) in [5, 5.41) is 3.10. The number of amides is 1. The van der Waals surface area contributed by atoms with Gasteiger partial charge >= 0.3 is 5.97 Å². The molecule has 1 atom stereocenters. The van der Waals surface area contributed by atoms with E-state index >= 15 is 0 Å². The van der Waals surface area contributed by atoms with Crippen molar-refractivity contribution in [1.29, 1.82) is 0 Å². The molecule has 1 aliphatic rings. The second kappa shape index (κ2) is 6.86. The van der Waals surface area contributed by atoms with Crippen LogP contribution in [0.4, 0.5) is 0 Å². The second-order valence-electron chi connectivity index (χ2n) is 5.42. The van der Waals surface area contributed by atoms with E-state index in [1.54, 1.807) is 18.7 Å². The second-order valence-corrected chi connectivity index (χ2v) is 5.42. The van der Waals surface area contributed by atoms with Crippen LogP contribution in [0.2, 0.25) is 0 Å². The van der Waals surface area contributed by atoms with Gasteiger partial charge in [0.2, 0.25) is 5.91 Å². The van der Waals surface area contributed by atoms with E-state index < -0.39 is 5.41 Å². The molecule has 0 spiro atoms. The Morgan fingerprint density at radius 2 is 1.95 bits per heavy atom. The quantitative estimate of drug-likeness (QED) is 0.715. The van der Waals surface area contributed by atoms with Gasteiger partial charge in [-0.1, -0.05) is 0 Å². The van der Waals surface area contributed by atoms with E-state index in [9.17, 15) is 9.59 Å². The molecule has 1 heterocycles. The van der Waals surface area contributed by atoms with Crippen LogP contribution in [-0.2, 0) is 19.1 Å². The van der Waals surface area contributed by atoms with Crippen molar-refractivity contribution in [2.75, 3.05) is 40.0 Å². The number of methoxy groups -OCH3 is 1. The highest BCUT2D eigenvalue weighted by molar-refractivity contribution is 5.82. The van der Waals surface area contributed by atoms with Crippen LogP contribution >= 0.6 is 0 Å². The summed E-state index contributed by atoms with van der Waals surface area (Å²) in [4.78, 5) is 25.5. The van der Waals surface area contributed by atoms with Crippen LogP contribution in [0, 0.1) is 5.41 Å². The van der Waals surface area contributed by atoms with E-state index in [0.717, 1.165) is 0 Å². The Labute approximate surface area is 114 Å². The number of esters is 1. The minimum absolute atomic E-state index is 0.0453. The Morgan fingerprint density at radius 3 is 2.47 bits per heavy atom. The van der Waals surface area contributed by atoms with Gasteiger partial charge in [-0.15, -0.1) is 0 Å². The number of carbonyl (C=O) groups excluding carboxylic acids is 2. The summed E-state index contributed by atoms with van der Waals surface area (Å²) in [5.74, 6) is -0.241. The maximum absolute atomic E-state index is 12.1. The lowest BCUT2D eigenvalue weighted by Crippen LogP contribution is -2.51. The van der Waals surface area contributed by atoms with Crippen LogP contribution < -0.4 is 5.32 Å². The van der Waals surface area contributed by atoms with Crippen molar-refractivity contribution in [2.24, 2.45) is 5.41 Å². The molecular weight excluding hydrogens is 248 g/mol. The summed E-state index contributed by atoms with van der Waals surface area (Å²) in [6, 6.07) is -0.318. The smallest absolute Gasteiger partial charge is 0.312 e. The van der Waals surface area contributed by atoms with Gasteiger partial charge in [-0.2, -0.15) is 0 Å². The standard InChI is InChI=1S/C13H24N2O4/c1-10(11(16)15-5-7-19-8-6-15)14-9-13(2,3)12(17)18-4/h10,14H,5-9H2,1-4H3. The lowest BCUT2D eigenvalue weighted by molar-refractivity contribution is -0.151. The van der Waals surface area contributed by atoms with E-state index in [1.165, 1.54) is 7.11 Å². The lowest BCUT2D eigenvalue weighted by Gasteiger charge is -2.31. The van der Waals surface area contributed by atoms with E-state index in [4.69, 9.17) is 9.47 Å². The highest BCUT2D eigenvalue weighted by atomic mass is 16.5. The Bertz CT molecular complexity index is 325. The van der Waals surface area contributed by atoms with Crippen molar-refractivity contribution in [3.63, 3.8) is 0 Å². The highest BCUT2D eigenvalue weighted by Crippen LogP contribution is 2.15. The van der Waals surface area contributed by atoms with Crippen molar-refractivity contribution in [3.05, 3.63) is 0 Å². The molecule has 1 unspecified atom stereocenters. The number of morpholine rings is 1. The van der Waals surface area contributed by atoms with Crippen LogP contribution in [-0.4, -0.2) is 62.8 Å². The molecule has 0 aromatic rings. The van der Waals surface area contributed by atoms with Crippen LogP contribution in [0.1, 0.15) is 20.8 Å².